The molecule has 0 aliphatic rings. The predicted molar refractivity (Wildman–Crippen MR) is 119 cm³/mol. The molecule has 162 valence electrons. The van der Waals surface area contributed by atoms with Crippen LogP contribution in [0.4, 0.5) is 4.39 Å². The van der Waals surface area contributed by atoms with Crippen molar-refractivity contribution in [3.8, 4) is 0 Å². The van der Waals surface area contributed by atoms with Gasteiger partial charge in [0.2, 0.25) is 11.8 Å². The van der Waals surface area contributed by atoms with E-state index >= 15 is 0 Å². The Morgan fingerprint density at radius 1 is 1.17 bits per heavy atom. The number of benzene rings is 2. The van der Waals surface area contributed by atoms with Crippen molar-refractivity contribution in [1.82, 2.24) is 10.2 Å². The second-order valence-corrected chi connectivity index (χ2v) is 7.86. The van der Waals surface area contributed by atoms with Crippen LogP contribution < -0.4 is 5.32 Å². The van der Waals surface area contributed by atoms with Gasteiger partial charge in [-0.2, -0.15) is 0 Å². The smallest absolute Gasteiger partial charge is 0.242 e. The second kappa shape index (κ2) is 11.7. The molecule has 0 heterocycles. The van der Waals surface area contributed by atoms with E-state index in [2.05, 4.69) is 12.2 Å². The molecule has 2 aromatic carbocycles. The summed E-state index contributed by atoms with van der Waals surface area (Å²) in [4.78, 5) is 27.6. The Hall–Kier alpha value is -2.40. The summed E-state index contributed by atoms with van der Waals surface area (Å²) in [5, 5.41) is 3.13. The maximum Gasteiger partial charge on any atom is 0.242 e. The van der Waals surface area contributed by atoms with Crippen LogP contribution in [0.2, 0.25) is 5.02 Å². The van der Waals surface area contributed by atoms with Crippen LogP contribution in [0.1, 0.15) is 49.8 Å². The average molecular weight is 433 g/mol. The summed E-state index contributed by atoms with van der Waals surface area (Å²) in [7, 11) is 0. The monoisotopic (exact) mass is 432 g/mol. The number of carbonyl (C=O) groups excluding carboxylic acids is 2. The summed E-state index contributed by atoms with van der Waals surface area (Å²) in [6, 6.07) is 11.5. The van der Waals surface area contributed by atoms with Gasteiger partial charge in [0.05, 0.1) is 6.42 Å². The van der Waals surface area contributed by atoms with Crippen molar-refractivity contribution in [2.24, 2.45) is 0 Å². The molecule has 0 aromatic heterocycles. The molecule has 0 saturated carbocycles. The largest absolute Gasteiger partial charge is 0.354 e. The lowest BCUT2D eigenvalue weighted by Gasteiger charge is -2.31. The highest BCUT2D eigenvalue weighted by Gasteiger charge is 2.29. The van der Waals surface area contributed by atoms with Gasteiger partial charge in [0.25, 0.3) is 0 Å². The lowest BCUT2D eigenvalue weighted by molar-refractivity contribution is -0.141. The molecule has 0 aliphatic heterocycles. The van der Waals surface area contributed by atoms with E-state index in [4.69, 9.17) is 11.6 Å². The first-order valence-electron chi connectivity index (χ1n) is 10.4. The minimum atomic E-state index is -0.639. The standard InChI is InChI=1S/C24H30ClFN2O2/c1-4-6-13-27-24(30)22(5-2)28(16-18-10-7-9-17(3)14-18)23(29)15-19-20(25)11-8-12-21(19)26/h7-12,14,22H,4-6,13,15-16H2,1-3H3,(H,27,30)/t22-/m0/s1. The summed E-state index contributed by atoms with van der Waals surface area (Å²) in [6.07, 6.45) is 2.10. The Morgan fingerprint density at radius 2 is 1.90 bits per heavy atom. The summed E-state index contributed by atoms with van der Waals surface area (Å²) >= 11 is 6.13. The summed E-state index contributed by atoms with van der Waals surface area (Å²) in [5.74, 6) is -1.04. The molecule has 0 aliphatic carbocycles. The summed E-state index contributed by atoms with van der Waals surface area (Å²) in [5.41, 5.74) is 2.14. The van der Waals surface area contributed by atoms with Gasteiger partial charge in [-0.05, 0) is 37.5 Å². The highest BCUT2D eigenvalue weighted by Crippen LogP contribution is 2.22. The fourth-order valence-electron chi connectivity index (χ4n) is 3.39. The molecule has 2 aromatic rings. The number of rotatable bonds is 10. The number of aryl methyl sites for hydroxylation is 1. The molecule has 0 unspecified atom stereocenters. The highest BCUT2D eigenvalue weighted by molar-refractivity contribution is 6.31. The normalized spacial score (nSPS) is 11.8. The molecule has 6 heteroatoms. The molecule has 1 N–H and O–H groups in total. The van der Waals surface area contributed by atoms with Crippen LogP contribution in [0.25, 0.3) is 0 Å². The minimum Gasteiger partial charge on any atom is -0.354 e. The van der Waals surface area contributed by atoms with Gasteiger partial charge < -0.3 is 10.2 Å². The van der Waals surface area contributed by atoms with Gasteiger partial charge in [0.1, 0.15) is 11.9 Å². The molecule has 30 heavy (non-hydrogen) atoms. The molecule has 0 fully saturated rings. The second-order valence-electron chi connectivity index (χ2n) is 7.46. The Bertz CT molecular complexity index is 852. The van der Waals surface area contributed by atoms with Crippen molar-refractivity contribution in [3.05, 3.63) is 70.0 Å². The molecule has 2 rings (SSSR count). The number of unbranched alkanes of at least 4 members (excludes halogenated alkanes) is 1. The van der Waals surface area contributed by atoms with E-state index in [-0.39, 0.29) is 35.4 Å². The Kier molecular flexibility index (Phi) is 9.31. The first-order valence-corrected chi connectivity index (χ1v) is 10.8. The van der Waals surface area contributed by atoms with Gasteiger partial charge in [-0.1, -0.05) is 67.8 Å². The molecular weight excluding hydrogens is 403 g/mol. The first kappa shape index (κ1) is 23.9. The molecule has 0 bridgehead atoms. The molecule has 2 amide bonds. The van der Waals surface area contributed by atoms with Crippen LogP contribution in [0.5, 0.6) is 0 Å². The van der Waals surface area contributed by atoms with Gasteiger partial charge in [-0.15, -0.1) is 0 Å². The number of hydrogen-bond donors (Lipinski definition) is 1. The predicted octanol–water partition coefficient (Wildman–Crippen LogP) is 5.05. The first-order chi connectivity index (χ1) is 14.4. The number of nitrogens with one attached hydrogen (secondary N) is 1. The third-order valence-corrected chi connectivity index (χ3v) is 5.39. The van der Waals surface area contributed by atoms with E-state index in [9.17, 15) is 14.0 Å². The SMILES string of the molecule is CCCCNC(=O)[C@H](CC)N(Cc1cccc(C)c1)C(=O)Cc1c(F)cccc1Cl. The lowest BCUT2D eigenvalue weighted by atomic mass is 10.1. The molecule has 1 atom stereocenters. The molecular formula is C24H30ClFN2O2. The van der Waals surface area contributed by atoms with Crippen molar-refractivity contribution < 1.29 is 14.0 Å². The Balaban J connectivity index is 2.31. The molecule has 0 spiro atoms. The van der Waals surface area contributed by atoms with E-state index < -0.39 is 11.9 Å². The van der Waals surface area contributed by atoms with Crippen LogP contribution in [0.15, 0.2) is 42.5 Å². The zero-order valence-electron chi connectivity index (χ0n) is 17.9. The Labute approximate surface area is 183 Å². The van der Waals surface area contributed by atoms with Gasteiger partial charge in [0, 0.05) is 23.7 Å². The fraction of sp³-hybridized carbons (Fsp3) is 0.417. The Morgan fingerprint density at radius 3 is 2.53 bits per heavy atom. The van der Waals surface area contributed by atoms with Crippen molar-refractivity contribution >= 4 is 23.4 Å². The van der Waals surface area contributed by atoms with Crippen LogP contribution in [0, 0.1) is 12.7 Å². The highest BCUT2D eigenvalue weighted by atomic mass is 35.5. The quantitative estimate of drug-likeness (QED) is 0.534. The lowest BCUT2D eigenvalue weighted by Crippen LogP contribution is -2.49. The van der Waals surface area contributed by atoms with Gasteiger partial charge in [-0.3, -0.25) is 9.59 Å². The van der Waals surface area contributed by atoms with E-state index in [1.54, 1.807) is 11.0 Å². The zero-order valence-corrected chi connectivity index (χ0v) is 18.6. The third-order valence-electron chi connectivity index (χ3n) is 5.04. The number of carbonyl (C=O) groups is 2. The van der Waals surface area contributed by atoms with Crippen LogP contribution >= 0.6 is 11.6 Å². The average Bonchev–Trinajstić information content (AvgIpc) is 2.71. The van der Waals surface area contributed by atoms with Crippen LogP contribution in [-0.2, 0) is 22.6 Å². The fourth-order valence-corrected chi connectivity index (χ4v) is 3.62. The topological polar surface area (TPSA) is 49.4 Å². The van der Waals surface area contributed by atoms with Crippen LogP contribution in [-0.4, -0.2) is 29.3 Å². The number of hydrogen-bond acceptors (Lipinski definition) is 2. The van der Waals surface area contributed by atoms with Crippen molar-refractivity contribution in [3.63, 3.8) is 0 Å². The summed E-state index contributed by atoms with van der Waals surface area (Å²) < 4.78 is 14.3. The maximum absolute atomic E-state index is 14.3. The van der Waals surface area contributed by atoms with Gasteiger partial charge in [-0.25, -0.2) is 4.39 Å². The molecule has 4 nitrogen and oxygen atoms in total. The van der Waals surface area contributed by atoms with Gasteiger partial charge in [0.15, 0.2) is 0 Å². The third kappa shape index (κ3) is 6.56. The number of amides is 2. The molecule has 0 saturated heterocycles. The van der Waals surface area contributed by atoms with E-state index in [0.717, 1.165) is 24.0 Å². The van der Waals surface area contributed by atoms with E-state index in [0.29, 0.717) is 13.0 Å². The summed E-state index contributed by atoms with van der Waals surface area (Å²) in [6.45, 7) is 6.74. The van der Waals surface area contributed by atoms with Crippen LogP contribution in [0.3, 0.4) is 0 Å². The number of nitrogens with zero attached hydrogens (tertiary/aromatic N) is 1. The van der Waals surface area contributed by atoms with Crippen molar-refractivity contribution in [2.75, 3.05) is 6.54 Å². The van der Waals surface area contributed by atoms with Gasteiger partial charge >= 0.3 is 0 Å². The van der Waals surface area contributed by atoms with Crippen molar-refractivity contribution in [2.45, 2.75) is 59.0 Å². The van der Waals surface area contributed by atoms with E-state index in [1.807, 2.05) is 38.1 Å². The maximum atomic E-state index is 14.3. The van der Waals surface area contributed by atoms with Crippen molar-refractivity contribution in [1.29, 1.82) is 0 Å². The zero-order chi connectivity index (χ0) is 22.1. The minimum absolute atomic E-state index is 0.152. The van der Waals surface area contributed by atoms with E-state index in [1.165, 1.54) is 12.1 Å². The number of halogens is 2. The molecule has 0 radical (unpaired) electrons.